The van der Waals surface area contributed by atoms with Gasteiger partial charge in [0.1, 0.15) is 17.4 Å². The van der Waals surface area contributed by atoms with Crippen LogP contribution in [0.5, 0.6) is 11.5 Å². The van der Waals surface area contributed by atoms with Crippen molar-refractivity contribution in [2.45, 2.75) is 20.1 Å². The Balaban J connectivity index is 1.64. The van der Waals surface area contributed by atoms with Crippen LogP contribution in [-0.4, -0.2) is 12.1 Å². The molecular weight excluding hydrogens is 373 g/mol. The Bertz CT molecular complexity index is 957. The van der Waals surface area contributed by atoms with Gasteiger partial charge in [-0.05, 0) is 48.4 Å². The Labute approximate surface area is 170 Å². The zero-order valence-electron chi connectivity index (χ0n) is 15.9. The van der Waals surface area contributed by atoms with Gasteiger partial charge in [-0.25, -0.2) is 4.39 Å². The maximum atomic E-state index is 13.0. The molecule has 5 heteroatoms. The molecular formula is C23H22FNO2S. The lowest BCUT2D eigenvalue weighted by Gasteiger charge is -2.14. The third kappa shape index (κ3) is 5.30. The molecule has 0 spiro atoms. The fourth-order valence-electron chi connectivity index (χ4n) is 2.78. The number of rotatable bonds is 7. The second-order valence-electron chi connectivity index (χ2n) is 6.45. The zero-order valence-corrected chi connectivity index (χ0v) is 16.7. The minimum atomic E-state index is -0.266. The summed E-state index contributed by atoms with van der Waals surface area (Å²) in [6.45, 7) is 3.05. The number of benzene rings is 3. The van der Waals surface area contributed by atoms with Gasteiger partial charge in [-0.1, -0.05) is 54.2 Å². The van der Waals surface area contributed by atoms with E-state index in [1.165, 1.54) is 23.3 Å². The summed E-state index contributed by atoms with van der Waals surface area (Å²) in [5.74, 6) is 0.939. The zero-order chi connectivity index (χ0) is 19.9. The lowest BCUT2D eigenvalue weighted by Crippen LogP contribution is -2.21. The van der Waals surface area contributed by atoms with Crippen molar-refractivity contribution in [3.63, 3.8) is 0 Å². The third-order valence-corrected chi connectivity index (χ3v) is 4.65. The summed E-state index contributed by atoms with van der Waals surface area (Å²) < 4.78 is 24.3. The maximum absolute atomic E-state index is 13.0. The van der Waals surface area contributed by atoms with Crippen molar-refractivity contribution in [2.24, 2.45) is 0 Å². The number of hydrogen-bond acceptors (Lipinski definition) is 3. The van der Waals surface area contributed by atoms with Gasteiger partial charge in [0.2, 0.25) is 0 Å². The van der Waals surface area contributed by atoms with Crippen LogP contribution in [-0.2, 0) is 13.2 Å². The highest BCUT2D eigenvalue weighted by Gasteiger charge is 2.09. The predicted octanol–water partition coefficient (Wildman–Crippen LogP) is 5.19. The van der Waals surface area contributed by atoms with Crippen molar-refractivity contribution in [3.05, 3.63) is 94.8 Å². The molecule has 0 saturated carbocycles. The lowest BCUT2D eigenvalue weighted by atomic mass is 10.1. The van der Waals surface area contributed by atoms with Gasteiger partial charge in [0.05, 0.1) is 7.11 Å². The first-order valence-electron chi connectivity index (χ1n) is 8.94. The Hall–Kier alpha value is -2.92. The van der Waals surface area contributed by atoms with Gasteiger partial charge >= 0.3 is 0 Å². The van der Waals surface area contributed by atoms with Crippen LogP contribution in [0.25, 0.3) is 0 Å². The Morgan fingerprint density at radius 3 is 2.46 bits per heavy atom. The van der Waals surface area contributed by atoms with Crippen LogP contribution >= 0.6 is 12.2 Å². The first-order valence-corrected chi connectivity index (χ1v) is 9.35. The average molecular weight is 395 g/mol. The summed E-state index contributed by atoms with van der Waals surface area (Å²) in [6, 6.07) is 20.1. The summed E-state index contributed by atoms with van der Waals surface area (Å²) in [5, 5.41) is 3.28. The van der Waals surface area contributed by atoms with Crippen molar-refractivity contribution in [3.8, 4) is 11.5 Å². The van der Waals surface area contributed by atoms with Crippen molar-refractivity contribution in [1.82, 2.24) is 5.32 Å². The van der Waals surface area contributed by atoms with E-state index in [9.17, 15) is 4.39 Å². The van der Waals surface area contributed by atoms with Gasteiger partial charge in [0.25, 0.3) is 0 Å². The van der Waals surface area contributed by atoms with Crippen LogP contribution in [0.15, 0.2) is 66.7 Å². The quantitative estimate of drug-likeness (QED) is 0.558. The summed E-state index contributed by atoms with van der Waals surface area (Å²) in [7, 11) is 1.59. The highest BCUT2D eigenvalue weighted by Crippen LogP contribution is 2.29. The molecule has 0 unspecified atom stereocenters. The molecule has 1 N–H and O–H groups in total. The number of halogens is 1. The van der Waals surface area contributed by atoms with E-state index in [4.69, 9.17) is 21.7 Å². The number of nitrogens with one attached hydrogen (secondary N) is 1. The maximum Gasteiger partial charge on any atom is 0.161 e. The van der Waals surface area contributed by atoms with Crippen molar-refractivity contribution < 1.29 is 13.9 Å². The predicted molar refractivity (Wildman–Crippen MR) is 113 cm³/mol. The van der Waals surface area contributed by atoms with Gasteiger partial charge in [-0.2, -0.15) is 0 Å². The Kier molecular flexibility index (Phi) is 6.61. The van der Waals surface area contributed by atoms with Crippen molar-refractivity contribution in [1.29, 1.82) is 0 Å². The molecule has 3 aromatic rings. The van der Waals surface area contributed by atoms with Gasteiger partial charge in [0, 0.05) is 12.1 Å². The number of methoxy groups -OCH3 is 1. The highest BCUT2D eigenvalue weighted by atomic mass is 32.1. The van der Waals surface area contributed by atoms with E-state index in [-0.39, 0.29) is 5.82 Å². The number of thiocarbonyl (C=S) groups is 1. The average Bonchev–Trinajstić information content (AvgIpc) is 2.71. The lowest BCUT2D eigenvalue weighted by molar-refractivity contribution is 0.284. The molecule has 0 aliphatic carbocycles. The first-order chi connectivity index (χ1) is 13.5. The molecule has 0 aromatic heterocycles. The van der Waals surface area contributed by atoms with Crippen LogP contribution in [0.1, 0.15) is 22.3 Å². The van der Waals surface area contributed by atoms with Crippen LogP contribution < -0.4 is 14.8 Å². The minimum Gasteiger partial charge on any atom is -0.493 e. The minimum absolute atomic E-state index is 0.266. The smallest absolute Gasteiger partial charge is 0.161 e. The van der Waals surface area contributed by atoms with E-state index in [0.29, 0.717) is 29.6 Å². The largest absolute Gasteiger partial charge is 0.493 e. The number of ether oxygens (including phenoxy) is 2. The molecule has 28 heavy (non-hydrogen) atoms. The molecule has 0 aliphatic heterocycles. The van der Waals surface area contributed by atoms with Crippen LogP contribution in [0, 0.1) is 12.7 Å². The van der Waals surface area contributed by atoms with Gasteiger partial charge in [0.15, 0.2) is 11.5 Å². The van der Waals surface area contributed by atoms with E-state index in [1.54, 1.807) is 19.2 Å². The van der Waals surface area contributed by atoms with E-state index < -0.39 is 0 Å². The fraction of sp³-hybridized carbons (Fsp3) is 0.174. The molecule has 0 amide bonds. The summed E-state index contributed by atoms with van der Waals surface area (Å²) in [4.78, 5) is 0.643. The van der Waals surface area contributed by atoms with Gasteiger partial charge in [-0.15, -0.1) is 0 Å². The normalized spacial score (nSPS) is 10.4. The molecule has 0 aliphatic rings. The standard InChI is InChI=1S/C23H22FNO2S/c1-16-4-3-5-18(12-16)14-25-23(28)19-8-11-21(22(13-19)26-2)27-15-17-6-9-20(24)10-7-17/h3-13H,14-15H2,1-2H3,(H,25,28). The van der Waals surface area contributed by atoms with Crippen molar-refractivity contribution in [2.75, 3.05) is 7.11 Å². The molecule has 0 bridgehead atoms. The Morgan fingerprint density at radius 1 is 0.964 bits per heavy atom. The molecule has 0 atom stereocenters. The third-order valence-electron chi connectivity index (χ3n) is 4.27. The summed E-state index contributed by atoms with van der Waals surface area (Å²) in [5.41, 5.74) is 4.12. The first kappa shape index (κ1) is 19.8. The van der Waals surface area contributed by atoms with E-state index >= 15 is 0 Å². The molecule has 144 valence electrons. The number of hydrogen-bond donors (Lipinski definition) is 1. The summed E-state index contributed by atoms with van der Waals surface area (Å²) >= 11 is 5.51. The SMILES string of the molecule is COc1cc(C(=S)NCc2cccc(C)c2)ccc1OCc1ccc(F)cc1. The molecule has 0 heterocycles. The van der Waals surface area contributed by atoms with Crippen LogP contribution in [0.3, 0.4) is 0 Å². The van der Waals surface area contributed by atoms with E-state index in [1.807, 2.05) is 24.3 Å². The van der Waals surface area contributed by atoms with E-state index in [0.717, 1.165) is 11.1 Å². The second kappa shape index (κ2) is 9.33. The molecule has 0 fully saturated rings. The Morgan fingerprint density at radius 2 is 1.75 bits per heavy atom. The highest BCUT2D eigenvalue weighted by molar-refractivity contribution is 7.80. The van der Waals surface area contributed by atoms with Crippen LogP contribution in [0.2, 0.25) is 0 Å². The molecule has 3 rings (SSSR count). The van der Waals surface area contributed by atoms with Crippen LogP contribution in [0.4, 0.5) is 4.39 Å². The number of aryl methyl sites for hydroxylation is 1. The van der Waals surface area contributed by atoms with Gasteiger partial charge < -0.3 is 14.8 Å². The topological polar surface area (TPSA) is 30.5 Å². The molecule has 3 aromatic carbocycles. The fourth-order valence-corrected chi connectivity index (χ4v) is 2.98. The molecule has 3 nitrogen and oxygen atoms in total. The second-order valence-corrected chi connectivity index (χ2v) is 6.86. The monoisotopic (exact) mass is 395 g/mol. The summed E-state index contributed by atoms with van der Waals surface area (Å²) in [6.07, 6.45) is 0. The van der Waals surface area contributed by atoms with Gasteiger partial charge in [-0.3, -0.25) is 0 Å². The molecule has 0 radical (unpaired) electrons. The molecule has 0 saturated heterocycles. The van der Waals surface area contributed by atoms with E-state index in [2.05, 4.69) is 30.4 Å². The van der Waals surface area contributed by atoms with Crippen molar-refractivity contribution >= 4 is 17.2 Å².